The van der Waals surface area contributed by atoms with Gasteiger partial charge >= 0.3 is 0 Å². The number of aryl methyl sites for hydroxylation is 1. The lowest BCUT2D eigenvalue weighted by molar-refractivity contribution is -0.0166. The molecule has 1 N–H and O–H groups in total. The van der Waals surface area contributed by atoms with Crippen molar-refractivity contribution in [3.8, 4) is 17.0 Å². The second-order valence-corrected chi connectivity index (χ2v) is 11.0. The lowest BCUT2D eigenvalue weighted by Gasteiger charge is -2.45. The van der Waals surface area contributed by atoms with Crippen LogP contribution in [0.15, 0.2) is 36.5 Å². The van der Waals surface area contributed by atoms with Gasteiger partial charge in [-0.15, -0.1) is 0 Å². The van der Waals surface area contributed by atoms with Crippen LogP contribution in [-0.2, 0) is 22.0 Å². The molecule has 4 rings (SSSR count). The number of hydrogen-bond acceptors (Lipinski definition) is 6. The minimum absolute atomic E-state index is 0.0409. The number of hydrogen-bond donors (Lipinski definition) is 1. The molecule has 6 nitrogen and oxygen atoms in total. The van der Waals surface area contributed by atoms with Crippen molar-refractivity contribution in [3.63, 3.8) is 0 Å². The molecule has 1 fully saturated rings. The van der Waals surface area contributed by atoms with Crippen LogP contribution in [0.25, 0.3) is 11.3 Å². The first-order valence-electron chi connectivity index (χ1n) is 15.7. The van der Waals surface area contributed by atoms with Crippen molar-refractivity contribution in [2.24, 2.45) is 5.89 Å². The highest BCUT2D eigenvalue weighted by Gasteiger charge is 2.39. The van der Waals surface area contributed by atoms with Crippen molar-refractivity contribution in [2.75, 3.05) is 31.9 Å². The number of piperidine rings is 1. The number of nitrogens with zero attached hydrogens (tertiary/aromatic N) is 2. The van der Waals surface area contributed by atoms with Crippen molar-refractivity contribution >= 4 is 9.84 Å². The number of pyridine rings is 1. The molecule has 1 spiro atoms. The van der Waals surface area contributed by atoms with E-state index < -0.39 is 41.5 Å². The number of benzene rings is 1. The van der Waals surface area contributed by atoms with Crippen molar-refractivity contribution in [2.45, 2.75) is 57.2 Å². The average molecular weight is 482 g/mol. The van der Waals surface area contributed by atoms with Crippen LogP contribution in [0.4, 0.5) is 0 Å². The predicted molar refractivity (Wildman–Crippen MR) is 131 cm³/mol. The number of sulfone groups is 1. The SMILES string of the molecule is [2H]C([2H])([2H])C([2H])(C([2H])([2H])[2H])C([2H])([2H])N1CCC2(CCc3cc(-c4ccc(CS(=O)(=O)CCCO)cn4)ccc3O2)CC1. The van der Waals surface area contributed by atoms with Crippen LogP contribution < -0.4 is 4.74 Å². The predicted octanol–water partition coefficient (Wildman–Crippen LogP) is 3.86. The van der Waals surface area contributed by atoms with Gasteiger partial charge in [0.1, 0.15) is 11.4 Å². The Kier molecular flexibility index (Phi) is 4.64. The number of likely N-dealkylation sites (tertiary alicyclic amines) is 1. The fourth-order valence-corrected chi connectivity index (χ4v) is 5.90. The Labute approximate surface area is 210 Å². The quantitative estimate of drug-likeness (QED) is 0.617. The number of ether oxygens (including phenoxy) is 1. The molecule has 0 aliphatic carbocycles. The maximum absolute atomic E-state index is 12.2. The van der Waals surface area contributed by atoms with E-state index in [1.54, 1.807) is 12.1 Å². The molecule has 180 valence electrons. The van der Waals surface area contributed by atoms with Crippen molar-refractivity contribution in [3.05, 3.63) is 47.7 Å². The summed E-state index contributed by atoms with van der Waals surface area (Å²) in [5, 5.41) is 8.89. The molecule has 0 saturated carbocycles. The molecule has 7 heteroatoms. The lowest BCUT2D eigenvalue weighted by Crippen LogP contribution is -2.50. The van der Waals surface area contributed by atoms with Crippen LogP contribution in [-0.4, -0.2) is 61.0 Å². The van der Waals surface area contributed by atoms with Crippen LogP contribution in [0.2, 0.25) is 0 Å². The number of aromatic nitrogens is 1. The minimum atomic E-state index is -3.37. The Balaban J connectivity index is 1.44. The van der Waals surface area contributed by atoms with Crippen LogP contribution >= 0.6 is 0 Å². The third-order valence-electron chi connectivity index (χ3n) is 6.30. The summed E-state index contributed by atoms with van der Waals surface area (Å²) in [6, 6.07) is 9.15. The van der Waals surface area contributed by atoms with Crippen molar-refractivity contribution in [1.29, 1.82) is 0 Å². The summed E-state index contributed by atoms with van der Waals surface area (Å²) in [6.07, 6.45) is 3.72. The second-order valence-electron chi connectivity index (χ2n) is 8.80. The second kappa shape index (κ2) is 10.1. The Bertz CT molecular complexity index is 1360. The monoisotopic (exact) mass is 481 g/mol. The van der Waals surface area contributed by atoms with E-state index in [-0.39, 0.29) is 37.6 Å². The molecule has 1 aromatic carbocycles. The zero-order valence-electron chi connectivity index (χ0n) is 27.5. The van der Waals surface area contributed by atoms with E-state index in [9.17, 15) is 8.42 Å². The van der Waals surface area contributed by atoms with E-state index in [4.69, 9.17) is 22.2 Å². The summed E-state index contributed by atoms with van der Waals surface area (Å²) in [7, 11) is -3.33. The van der Waals surface area contributed by atoms with E-state index in [1.165, 1.54) is 6.20 Å². The molecule has 1 aromatic heterocycles. The summed E-state index contributed by atoms with van der Waals surface area (Å²) in [5.74, 6) is -2.88. The fraction of sp³-hybridized carbons (Fsp3) is 0.577. The molecule has 2 aliphatic heterocycles. The molecule has 0 atom stereocenters. The van der Waals surface area contributed by atoms with Crippen molar-refractivity contribution in [1.82, 2.24) is 9.88 Å². The number of fused-ring (bicyclic) bond motifs is 1. The van der Waals surface area contributed by atoms with Crippen LogP contribution in [0.5, 0.6) is 5.75 Å². The van der Waals surface area contributed by atoms with Gasteiger partial charge < -0.3 is 14.7 Å². The molecule has 0 radical (unpaired) electrons. The zero-order valence-corrected chi connectivity index (χ0v) is 19.3. The highest BCUT2D eigenvalue weighted by Crippen LogP contribution is 2.40. The van der Waals surface area contributed by atoms with E-state index in [0.29, 0.717) is 42.7 Å². The molecule has 2 aliphatic rings. The normalized spacial score (nSPS) is 23.8. The van der Waals surface area contributed by atoms with E-state index >= 15 is 0 Å². The van der Waals surface area contributed by atoms with Gasteiger partial charge in [-0.2, -0.15) is 0 Å². The van der Waals surface area contributed by atoms with E-state index in [0.717, 1.165) is 16.0 Å². The smallest absolute Gasteiger partial charge is 0.154 e. The molecule has 0 unspecified atom stereocenters. The van der Waals surface area contributed by atoms with Gasteiger partial charge in [0.25, 0.3) is 0 Å². The van der Waals surface area contributed by atoms with Crippen LogP contribution in [0, 0.1) is 5.89 Å². The van der Waals surface area contributed by atoms with Gasteiger partial charge in [0.2, 0.25) is 0 Å². The fourth-order valence-electron chi connectivity index (χ4n) is 4.51. The highest BCUT2D eigenvalue weighted by molar-refractivity contribution is 7.90. The first-order chi connectivity index (χ1) is 19.3. The molecular formula is C26H36N2O4S. The average Bonchev–Trinajstić information content (AvgIpc) is 2.90. The van der Waals surface area contributed by atoms with Gasteiger partial charge in [0.15, 0.2) is 9.84 Å². The molecule has 0 amide bonds. The molecule has 33 heavy (non-hydrogen) atoms. The lowest BCUT2D eigenvalue weighted by atomic mass is 9.82. The third kappa shape index (κ3) is 6.14. The third-order valence-corrected chi connectivity index (χ3v) is 7.99. The maximum Gasteiger partial charge on any atom is 0.154 e. The summed E-state index contributed by atoms with van der Waals surface area (Å²) in [5.41, 5.74) is 2.42. The number of rotatable bonds is 8. The van der Waals surface area contributed by atoms with Crippen LogP contribution in [0.1, 0.15) is 62.9 Å². The first-order valence-corrected chi connectivity index (χ1v) is 13.0. The van der Waals surface area contributed by atoms with E-state index in [2.05, 4.69) is 4.98 Å². The summed E-state index contributed by atoms with van der Waals surface area (Å²) >= 11 is 0. The van der Waals surface area contributed by atoms with Crippen LogP contribution in [0.3, 0.4) is 0 Å². The topological polar surface area (TPSA) is 79.7 Å². The van der Waals surface area contributed by atoms with Gasteiger partial charge in [-0.05, 0) is 73.4 Å². The molecule has 2 aromatic rings. The summed E-state index contributed by atoms with van der Waals surface area (Å²) < 4.78 is 102. The summed E-state index contributed by atoms with van der Waals surface area (Å²) in [6.45, 7) is -9.78. The highest BCUT2D eigenvalue weighted by atomic mass is 32.2. The largest absolute Gasteiger partial charge is 0.487 e. The van der Waals surface area contributed by atoms with Gasteiger partial charge in [-0.25, -0.2) is 8.42 Å². The molecule has 3 heterocycles. The Morgan fingerprint density at radius 3 is 2.79 bits per heavy atom. The zero-order chi connectivity index (χ0) is 31.2. The van der Waals surface area contributed by atoms with E-state index in [1.807, 2.05) is 18.2 Å². The standard InChI is InChI=1S/C26H36N2O4S/c1-20(2)18-28-12-10-26(11-13-28)9-8-23-16-22(5-7-25(23)32-26)24-6-4-21(17-27-24)19-33(30,31)15-3-14-29/h4-7,16-17,20,29H,3,8-15,18-19H2,1-2H3/i1D3,2D3,18D2,20D. The molecular weight excluding hydrogens is 436 g/mol. The first kappa shape index (κ1) is 15.1. The van der Waals surface area contributed by atoms with Gasteiger partial charge in [0, 0.05) is 50.3 Å². The van der Waals surface area contributed by atoms with Gasteiger partial charge in [-0.3, -0.25) is 4.98 Å². The maximum atomic E-state index is 12.2. The Morgan fingerprint density at radius 1 is 1.27 bits per heavy atom. The van der Waals surface area contributed by atoms with Crippen molar-refractivity contribution < 1.29 is 30.6 Å². The Morgan fingerprint density at radius 2 is 2.09 bits per heavy atom. The molecule has 0 bridgehead atoms. The number of aliphatic hydroxyl groups is 1. The Hall–Kier alpha value is -1.96. The molecule has 1 saturated heterocycles. The van der Waals surface area contributed by atoms with Gasteiger partial charge in [0.05, 0.1) is 17.2 Å². The van der Waals surface area contributed by atoms with Gasteiger partial charge in [-0.1, -0.05) is 19.8 Å². The minimum Gasteiger partial charge on any atom is -0.487 e. The summed E-state index contributed by atoms with van der Waals surface area (Å²) in [4.78, 5) is 5.59. The number of aliphatic hydroxyl groups excluding tert-OH is 1.